The first kappa shape index (κ1) is 14.3. The summed E-state index contributed by atoms with van der Waals surface area (Å²) in [6.45, 7) is 2.40. The van der Waals surface area contributed by atoms with Crippen molar-refractivity contribution < 1.29 is 4.79 Å². The molecular weight excluding hydrogens is 296 g/mol. The van der Waals surface area contributed by atoms with E-state index in [9.17, 15) is 4.79 Å². The molecule has 110 valence electrons. The van der Waals surface area contributed by atoms with Gasteiger partial charge in [-0.2, -0.15) is 0 Å². The lowest BCUT2D eigenvalue weighted by molar-refractivity contribution is 0.0955. The van der Waals surface area contributed by atoms with Gasteiger partial charge in [-0.3, -0.25) is 9.78 Å². The highest BCUT2D eigenvalue weighted by atomic mass is 32.1. The topological polar surface area (TPSA) is 67.8 Å². The zero-order valence-corrected chi connectivity index (χ0v) is 12.8. The molecule has 0 aliphatic carbocycles. The van der Waals surface area contributed by atoms with E-state index in [0.29, 0.717) is 17.1 Å². The maximum absolute atomic E-state index is 12.3. The average molecular weight is 310 g/mol. The Morgan fingerprint density at radius 1 is 1.18 bits per heavy atom. The third kappa shape index (κ3) is 3.17. The second-order valence-corrected chi connectivity index (χ2v) is 5.57. The van der Waals surface area contributed by atoms with Crippen LogP contribution in [0.1, 0.15) is 20.9 Å². The van der Waals surface area contributed by atoms with Gasteiger partial charge >= 0.3 is 0 Å². The number of carbonyl (C=O) groups excluding carboxylic acids is 1. The Balaban J connectivity index is 1.76. The number of aryl methyl sites for hydroxylation is 1. The fourth-order valence-electron chi connectivity index (χ4n) is 1.99. The molecule has 0 saturated heterocycles. The number of aromatic nitrogens is 3. The molecule has 0 radical (unpaired) electrons. The second-order valence-electron chi connectivity index (χ2n) is 4.82. The van der Waals surface area contributed by atoms with E-state index < -0.39 is 0 Å². The third-order valence-electron chi connectivity index (χ3n) is 3.18. The number of benzene rings is 1. The maximum atomic E-state index is 12.3. The summed E-state index contributed by atoms with van der Waals surface area (Å²) in [7, 11) is 0. The average Bonchev–Trinajstić information content (AvgIpc) is 3.04. The SMILES string of the molecule is Cc1ccc(-c2nnsc2C(=O)NCc2ccccn2)cc1. The van der Waals surface area contributed by atoms with Gasteiger partial charge in [-0.05, 0) is 30.6 Å². The molecule has 0 spiro atoms. The van der Waals surface area contributed by atoms with E-state index >= 15 is 0 Å². The minimum atomic E-state index is -0.184. The van der Waals surface area contributed by atoms with Crippen LogP contribution in [0.3, 0.4) is 0 Å². The number of hydrogen-bond donors (Lipinski definition) is 1. The summed E-state index contributed by atoms with van der Waals surface area (Å²) in [5.41, 5.74) is 3.48. The molecule has 0 fully saturated rings. The van der Waals surface area contributed by atoms with Crippen molar-refractivity contribution in [1.82, 2.24) is 19.9 Å². The molecule has 0 unspecified atom stereocenters. The van der Waals surface area contributed by atoms with E-state index in [4.69, 9.17) is 0 Å². The van der Waals surface area contributed by atoms with Crippen molar-refractivity contribution in [1.29, 1.82) is 0 Å². The van der Waals surface area contributed by atoms with Crippen molar-refractivity contribution in [3.05, 3.63) is 64.8 Å². The van der Waals surface area contributed by atoms with E-state index in [-0.39, 0.29) is 5.91 Å². The number of rotatable bonds is 4. The van der Waals surface area contributed by atoms with Crippen molar-refractivity contribution in [2.45, 2.75) is 13.5 Å². The molecule has 0 aliphatic rings. The molecule has 1 N–H and O–H groups in total. The molecular formula is C16H14N4OS. The van der Waals surface area contributed by atoms with E-state index in [0.717, 1.165) is 28.4 Å². The molecule has 3 aromatic rings. The van der Waals surface area contributed by atoms with Gasteiger partial charge in [0.1, 0.15) is 10.6 Å². The second kappa shape index (κ2) is 6.44. The first-order valence-electron chi connectivity index (χ1n) is 6.81. The summed E-state index contributed by atoms with van der Waals surface area (Å²) < 4.78 is 3.91. The summed E-state index contributed by atoms with van der Waals surface area (Å²) in [6.07, 6.45) is 1.70. The van der Waals surface area contributed by atoms with E-state index in [2.05, 4.69) is 19.9 Å². The van der Waals surface area contributed by atoms with Crippen molar-refractivity contribution in [3.8, 4) is 11.3 Å². The highest BCUT2D eigenvalue weighted by molar-refractivity contribution is 7.08. The highest BCUT2D eigenvalue weighted by Gasteiger charge is 2.17. The number of hydrogen-bond acceptors (Lipinski definition) is 5. The molecule has 0 bridgehead atoms. The fourth-order valence-corrected chi connectivity index (χ4v) is 2.60. The minimum Gasteiger partial charge on any atom is -0.346 e. The van der Waals surface area contributed by atoms with Crippen molar-refractivity contribution in [2.24, 2.45) is 0 Å². The lowest BCUT2D eigenvalue weighted by Gasteiger charge is -2.04. The fraction of sp³-hybridized carbons (Fsp3) is 0.125. The standard InChI is InChI=1S/C16H14N4OS/c1-11-5-7-12(8-6-11)14-15(22-20-19-14)16(21)18-10-13-4-2-3-9-17-13/h2-9H,10H2,1H3,(H,18,21). The summed E-state index contributed by atoms with van der Waals surface area (Å²) in [5, 5.41) is 6.94. The van der Waals surface area contributed by atoms with E-state index in [1.807, 2.05) is 49.4 Å². The Morgan fingerprint density at radius 2 is 2.00 bits per heavy atom. The number of pyridine rings is 1. The van der Waals surface area contributed by atoms with Gasteiger partial charge in [-0.1, -0.05) is 40.4 Å². The molecule has 2 aromatic heterocycles. The molecule has 5 nitrogen and oxygen atoms in total. The van der Waals surface area contributed by atoms with Crippen LogP contribution >= 0.6 is 11.5 Å². The van der Waals surface area contributed by atoms with Gasteiger partial charge in [0.25, 0.3) is 5.91 Å². The Bertz CT molecular complexity index is 768. The summed E-state index contributed by atoms with van der Waals surface area (Å²) in [6, 6.07) is 13.5. The van der Waals surface area contributed by atoms with Crippen LogP contribution in [0.2, 0.25) is 0 Å². The van der Waals surface area contributed by atoms with Crippen molar-refractivity contribution >= 4 is 17.4 Å². The number of nitrogens with zero attached hydrogens (tertiary/aromatic N) is 3. The van der Waals surface area contributed by atoms with Crippen LogP contribution in [-0.2, 0) is 6.54 Å². The van der Waals surface area contributed by atoms with Gasteiger partial charge in [-0.15, -0.1) is 5.10 Å². The smallest absolute Gasteiger partial charge is 0.265 e. The first-order chi connectivity index (χ1) is 10.7. The summed E-state index contributed by atoms with van der Waals surface area (Å²) in [5.74, 6) is -0.184. The van der Waals surface area contributed by atoms with Gasteiger partial charge in [0, 0.05) is 11.8 Å². The first-order valence-corrected chi connectivity index (χ1v) is 7.59. The molecule has 22 heavy (non-hydrogen) atoms. The molecule has 0 saturated carbocycles. The van der Waals surface area contributed by atoms with Gasteiger partial charge in [-0.25, -0.2) is 0 Å². The Kier molecular flexibility index (Phi) is 4.20. The van der Waals surface area contributed by atoms with E-state index in [1.54, 1.807) is 6.20 Å². The van der Waals surface area contributed by atoms with Crippen LogP contribution in [0, 0.1) is 6.92 Å². The molecule has 0 atom stereocenters. The predicted molar refractivity (Wildman–Crippen MR) is 85.5 cm³/mol. The quantitative estimate of drug-likeness (QED) is 0.804. The molecule has 6 heteroatoms. The predicted octanol–water partition coefficient (Wildman–Crippen LogP) is 2.84. The van der Waals surface area contributed by atoms with Crippen LogP contribution in [0.4, 0.5) is 0 Å². The third-order valence-corrected chi connectivity index (χ3v) is 3.90. The molecule has 0 aliphatic heterocycles. The Morgan fingerprint density at radius 3 is 2.73 bits per heavy atom. The zero-order chi connectivity index (χ0) is 15.4. The van der Waals surface area contributed by atoms with Crippen LogP contribution in [-0.4, -0.2) is 20.5 Å². The number of carbonyl (C=O) groups is 1. The monoisotopic (exact) mass is 310 g/mol. The molecule has 3 rings (SSSR count). The highest BCUT2D eigenvalue weighted by Crippen LogP contribution is 2.24. The summed E-state index contributed by atoms with van der Waals surface area (Å²) >= 11 is 1.10. The number of amides is 1. The van der Waals surface area contributed by atoms with Crippen LogP contribution in [0.5, 0.6) is 0 Å². The lowest BCUT2D eigenvalue weighted by atomic mass is 10.1. The molecule has 1 amide bonds. The van der Waals surface area contributed by atoms with Crippen LogP contribution in [0.25, 0.3) is 11.3 Å². The minimum absolute atomic E-state index is 0.184. The summed E-state index contributed by atoms with van der Waals surface area (Å²) in [4.78, 5) is 17.0. The van der Waals surface area contributed by atoms with Gasteiger partial charge in [0.05, 0.1) is 12.2 Å². The van der Waals surface area contributed by atoms with Gasteiger partial charge in [0.15, 0.2) is 0 Å². The van der Waals surface area contributed by atoms with Crippen LogP contribution in [0.15, 0.2) is 48.7 Å². The van der Waals surface area contributed by atoms with E-state index in [1.165, 1.54) is 0 Å². The number of nitrogens with one attached hydrogen (secondary N) is 1. The largest absolute Gasteiger partial charge is 0.346 e. The lowest BCUT2D eigenvalue weighted by Crippen LogP contribution is -2.22. The van der Waals surface area contributed by atoms with Gasteiger partial charge < -0.3 is 5.32 Å². The zero-order valence-electron chi connectivity index (χ0n) is 12.0. The normalized spacial score (nSPS) is 10.4. The molecule has 1 aromatic carbocycles. The molecule has 2 heterocycles. The van der Waals surface area contributed by atoms with Gasteiger partial charge in [0.2, 0.25) is 0 Å². The van der Waals surface area contributed by atoms with Crippen molar-refractivity contribution in [3.63, 3.8) is 0 Å². The Labute approximate surface area is 132 Å². The maximum Gasteiger partial charge on any atom is 0.265 e. The Hall–Kier alpha value is -2.60. The van der Waals surface area contributed by atoms with Crippen molar-refractivity contribution in [2.75, 3.05) is 0 Å². The van der Waals surface area contributed by atoms with Crippen LogP contribution < -0.4 is 5.32 Å².